The van der Waals surface area contributed by atoms with Gasteiger partial charge in [0, 0.05) is 72.4 Å². The van der Waals surface area contributed by atoms with E-state index in [1.165, 1.54) is 10.6 Å². The number of aryl methyl sites for hydroxylation is 1. The van der Waals surface area contributed by atoms with Crippen molar-refractivity contribution in [2.24, 2.45) is 18.4 Å². The molecule has 3 aromatic carbocycles. The highest BCUT2D eigenvalue weighted by Crippen LogP contribution is 2.63. The molecule has 348 valence electrons. The SMILES string of the molecule is Cn1c(=O)n(C2CCC(=O)NC2=O)c2ccc(N3CC4(CCN(CC5CCC(NC(=O)[C@@H]6NC7(CCCCC7)[C@@]7(C(=O)Nc8cc(Cl)ccc87)[C@H]6c6cccc(Cl)c6F)CC5)CC4)C3)cc21. The molecule has 4 amide bonds. The fraction of sp³-hybridized carbons (Fsp3) is 0.540. The van der Waals surface area contributed by atoms with Gasteiger partial charge in [-0.3, -0.25) is 38.9 Å². The van der Waals surface area contributed by atoms with Crippen LogP contribution in [0.15, 0.2) is 59.4 Å². The number of hydrogen-bond acceptors (Lipinski definition) is 8. The summed E-state index contributed by atoms with van der Waals surface area (Å²) in [4.78, 5) is 72.2. The second-order valence-electron chi connectivity index (χ2n) is 20.6. The largest absolute Gasteiger partial charge is 0.370 e. The number of rotatable bonds is 7. The van der Waals surface area contributed by atoms with Crippen molar-refractivity contribution in [1.82, 2.24) is 30.0 Å². The minimum absolute atomic E-state index is 0.0222. The molecular formula is C50H57Cl2FN8O5. The van der Waals surface area contributed by atoms with E-state index in [0.29, 0.717) is 41.4 Å². The summed E-state index contributed by atoms with van der Waals surface area (Å²) in [6.45, 7) is 5.07. The zero-order valence-electron chi connectivity index (χ0n) is 37.3. The molecule has 4 N–H and O–H groups in total. The molecule has 1 unspecified atom stereocenters. The molecule has 5 aliphatic heterocycles. The summed E-state index contributed by atoms with van der Waals surface area (Å²) in [6, 6.07) is 14.7. The Balaban J connectivity index is 0.722. The highest BCUT2D eigenvalue weighted by Gasteiger charge is 2.72. The van der Waals surface area contributed by atoms with Gasteiger partial charge in [0.25, 0.3) is 0 Å². The summed E-state index contributed by atoms with van der Waals surface area (Å²) >= 11 is 12.9. The van der Waals surface area contributed by atoms with Gasteiger partial charge in [0.05, 0.1) is 22.1 Å². The third-order valence-corrected chi connectivity index (χ3v) is 17.5. The van der Waals surface area contributed by atoms with Crippen LogP contribution in [0.25, 0.3) is 11.0 Å². The Morgan fingerprint density at radius 1 is 0.864 bits per heavy atom. The quantitative estimate of drug-likeness (QED) is 0.150. The average molecular weight is 940 g/mol. The van der Waals surface area contributed by atoms with E-state index < -0.39 is 40.7 Å². The predicted octanol–water partition coefficient (Wildman–Crippen LogP) is 6.69. The van der Waals surface area contributed by atoms with Gasteiger partial charge in [-0.25, -0.2) is 9.18 Å². The van der Waals surface area contributed by atoms with Gasteiger partial charge in [-0.05, 0) is 124 Å². The molecule has 0 bridgehead atoms. The van der Waals surface area contributed by atoms with Crippen molar-refractivity contribution in [3.8, 4) is 0 Å². The van der Waals surface area contributed by atoms with E-state index in [4.69, 9.17) is 23.2 Å². The first-order valence-electron chi connectivity index (χ1n) is 24.0. The molecule has 2 saturated carbocycles. The van der Waals surface area contributed by atoms with Gasteiger partial charge in [-0.15, -0.1) is 0 Å². The minimum Gasteiger partial charge on any atom is -0.370 e. The zero-order chi connectivity index (χ0) is 45.7. The zero-order valence-corrected chi connectivity index (χ0v) is 38.8. The van der Waals surface area contributed by atoms with Gasteiger partial charge < -0.3 is 20.4 Å². The number of amides is 4. The lowest BCUT2D eigenvalue weighted by atomic mass is 9.55. The van der Waals surface area contributed by atoms with Crippen LogP contribution in [0.5, 0.6) is 0 Å². The predicted molar refractivity (Wildman–Crippen MR) is 251 cm³/mol. The molecule has 13 nitrogen and oxygen atoms in total. The number of imide groups is 1. The van der Waals surface area contributed by atoms with Crippen molar-refractivity contribution in [2.75, 3.05) is 42.9 Å². The number of halogens is 3. The van der Waals surface area contributed by atoms with Crippen LogP contribution in [0, 0.1) is 17.2 Å². The summed E-state index contributed by atoms with van der Waals surface area (Å²) in [5.41, 5.74) is 2.14. The lowest BCUT2D eigenvalue weighted by Crippen LogP contribution is -2.60. The van der Waals surface area contributed by atoms with Crippen LogP contribution in [0.1, 0.15) is 107 Å². The van der Waals surface area contributed by atoms with E-state index >= 15 is 4.39 Å². The molecular weight excluding hydrogens is 883 g/mol. The highest BCUT2D eigenvalue weighted by molar-refractivity contribution is 6.31. The van der Waals surface area contributed by atoms with Crippen molar-refractivity contribution in [3.63, 3.8) is 0 Å². The van der Waals surface area contributed by atoms with Crippen LogP contribution in [0.3, 0.4) is 0 Å². The Morgan fingerprint density at radius 3 is 2.36 bits per heavy atom. The van der Waals surface area contributed by atoms with Crippen molar-refractivity contribution in [2.45, 2.75) is 118 Å². The van der Waals surface area contributed by atoms with E-state index in [1.54, 1.807) is 35.9 Å². The molecule has 3 spiro atoms. The summed E-state index contributed by atoms with van der Waals surface area (Å²) in [6.07, 6.45) is 10.7. The van der Waals surface area contributed by atoms with Crippen molar-refractivity contribution >= 4 is 69.2 Å². The number of carbonyl (C=O) groups excluding carboxylic acids is 4. The van der Waals surface area contributed by atoms with Crippen LogP contribution in [0.4, 0.5) is 15.8 Å². The number of aromatic nitrogens is 2. The van der Waals surface area contributed by atoms with Crippen LogP contribution < -0.4 is 31.9 Å². The Hall–Kier alpha value is -4.76. The number of carbonyl (C=O) groups is 4. The maximum absolute atomic E-state index is 16.4. The number of imidazole rings is 1. The second kappa shape index (κ2) is 16.5. The number of nitrogens with one attached hydrogen (secondary N) is 4. The van der Waals surface area contributed by atoms with Crippen LogP contribution in [-0.4, -0.2) is 88.0 Å². The van der Waals surface area contributed by atoms with E-state index in [2.05, 4.69) is 37.1 Å². The molecule has 0 radical (unpaired) electrons. The Morgan fingerprint density at radius 2 is 1.62 bits per heavy atom. The fourth-order valence-electron chi connectivity index (χ4n) is 13.6. The maximum atomic E-state index is 16.4. The Labute approximate surface area is 393 Å². The van der Waals surface area contributed by atoms with Gasteiger partial charge in [-0.1, -0.05) is 60.7 Å². The molecule has 4 atom stereocenters. The highest BCUT2D eigenvalue weighted by atomic mass is 35.5. The molecule has 11 rings (SSSR count). The lowest BCUT2D eigenvalue weighted by molar-refractivity contribution is -0.136. The van der Waals surface area contributed by atoms with Crippen LogP contribution in [-0.2, 0) is 31.6 Å². The summed E-state index contributed by atoms with van der Waals surface area (Å²) in [5, 5.41) is 13.1. The first kappa shape index (κ1) is 43.8. The number of nitrogens with zero attached hydrogens (tertiary/aromatic N) is 4. The van der Waals surface area contributed by atoms with Gasteiger partial charge in [-0.2, -0.15) is 0 Å². The number of hydrogen-bond donors (Lipinski definition) is 4. The number of likely N-dealkylation sites (tertiary alicyclic amines) is 1. The molecule has 7 aliphatic rings. The molecule has 66 heavy (non-hydrogen) atoms. The molecule has 2 aliphatic carbocycles. The van der Waals surface area contributed by atoms with Crippen molar-refractivity contribution < 1.29 is 23.6 Å². The fourth-order valence-corrected chi connectivity index (χ4v) is 14.0. The van der Waals surface area contributed by atoms with Crippen molar-refractivity contribution in [3.05, 3.63) is 92.1 Å². The van der Waals surface area contributed by atoms with E-state index in [-0.39, 0.29) is 51.9 Å². The normalized spacial score (nSPS) is 29.3. The molecule has 1 aromatic heterocycles. The molecule has 4 aromatic rings. The van der Waals surface area contributed by atoms with Crippen LogP contribution in [0.2, 0.25) is 10.0 Å². The van der Waals surface area contributed by atoms with Crippen LogP contribution >= 0.6 is 23.2 Å². The number of fused-ring (bicyclic) bond motifs is 4. The van der Waals surface area contributed by atoms with Gasteiger partial charge >= 0.3 is 5.69 Å². The van der Waals surface area contributed by atoms with E-state index in [0.717, 1.165) is 107 Å². The lowest BCUT2D eigenvalue weighted by Gasteiger charge is -2.55. The number of benzene rings is 3. The van der Waals surface area contributed by atoms with Gasteiger partial charge in [0.15, 0.2) is 0 Å². The monoisotopic (exact) mass is 938 g/mol. The summed E-state index contributed by atoms with van der Waals surface area (Å²) < 4.78 is 19.5. The smallest absolute Gasteiger partial charge is 0.329 e. The first-order valence-corrected chi connectivity index (χ1v) is 24.7. The molecule has 6 fully saturated rings. The summed E-state index contributed by atoms with van der Waals surface area (Å²) in [5.74, 6) is -2.09. The third kappa shape index (κ3) is 6.93. The first-order chi connectivity index (χ1) is 31.8. The van der Waals surface area contributed by atoms with E-state index in [9.17, 15) is 24.0 Å². The molecule has 6 heterocycles. The Kier molecular flexibility index (Phi) is 10.9. The standard InChI is InChI=1S/C50H57Cl2FN8O5/c1-58-39-25-32(13-15-37(39)61(47(58)66)38-16-17-40(62)56-44(38)63)60-27-48(28-60)20-22-59(23-21-48)26-29-8-11-31(12-9-29)54-45(64)43-41(33-6-5-7-35(52)42(33)53)50(49(57-43)18-3-2-4-19-49)34-14-10-30(51)24-36(34)55-46(50)65/h5-7,10,13-15,24-25,29,31,38,41,43,57H,2-4,8-9,11-12,16-23,26-28H2,1H3,(H,54,64)(H,55,65)(H,56,62,63)/t29?,31?,38?,41-,43+,50+/m0/s1. The second-order valence-corrected chi connectivity index (χ2v) is 21.4. The average Bonchev–Trinajstić information content (AvgIpc) is 3.85. The summed E-state index contributed by atoms with van der Waals surface area (Å²) in [7, 11) is 1.73. The van der Waals surface area contributed by atoms with E-state index in [1.807, 2.05) is 18.2 Å². The topological polar surface area (TPSA) is 150 Å². The van der Waals surface area contributed by atoms with Crippen molar-refractivity contribution in [1.29, 1.82) is 0 Å². The molecule has 16 heteroatoms. The maximum Gasteiger partial charge on any atom is 0.329 e. The number of piperidine rings is 2. The number of anilines is 2. The molecule has 4 saturated heterocycles. The Bertz CT molecular complexity index is 2710. The third-order valence-electron chi connectivity index (χ3n) is 16.9. The van der Waals surface area contributed by atoms with Gasteiger partial charge in [0.2, 0.25) is 23.6 Å². The minimum atomic E-state index is -1.26. The van der Waals surface area contributed by atoms with Gasteiger partial charge in [0.1, 0.15) is 17.3 Å².